The second-order valence-corrected chi connectivity index (χ2v) is 10.6. The molecule has 0 radical (unpaired) electrons. The van der Waals surface area contributed by atoms with Crippen LogP contribution < -0.4 is 9.47 Å². The Balaban J connectivity index is 1.48. The molecule has 0 unspecified atom stereocenters. The first-order valence-electron chi connectivity index (χ1n) is 11.3. The largest absolute Gasteiger partial charge is 0.493 e. The maximum atomic E-state index is 13.0. The first-order chi connectivity index (χ1) is 15.8. The fraction of sp³-hybridized carbons (Fsp3) is 0.480. The smallest absolute Gasteiger partial charge is 0.225 e. The van der Waals surface area contributed by atoms with E-state index in [0.29, 0.717) is 50.4 Å². The van der Waals surface area contributed by atoms with E-state index < -0.39 is 10.0 Å². The van der Waals surface area contributed by atoms with Crippen molar-refractivity contribution in [2.75, 3.05) is 40.1 Å². The van der Waals surface area contributed by atoms with Gasteiger partial charge < -0.3 is 14.4 Å². The highest BCUT2D eigenvalue weighted by molar-refractivity contribution is 7.89. The van der Waals surface area contributed by atoms with Gasteiger partial charge in [-0.3, -0.25) is 4.79 Å². The molecule has 1 heterocycles. The Labute approximate surface area is 197 Å². The summed E-state index contributed by atoms with van der Waals surface area (Å²) in [7, 11) is 1.65. The molecule has 1 saturated heterocycles. The van der Waals surface area contributed by atoms with Crippen molar-refractivity contribution in [3.63, 3.8) is 0 Å². The van der Waals surface area contributed by atoms with E-state index in [1.54, 1.807) is 30.5 Å². The molecule has 7 nitrogen and oxygen atoms in total. The molecule has 2 aromatic rings. The third kappa shape index (κ3) is 6.71. The van der Waals surface area contributed by atoms with Crippen molar-refractivity contribution in [2.45, 2.75) is 32.2 Å². The monoisotopic (exact) mass is 474 g/mol. The minimum absolute atomic E-state index is 0.0471. The Morgan fingerprint density at radius 3 is 2.30 bits per heavy atom. The maximum absolute atomic E-state index is 13.0. The number of ether oxygens (including phenoxy) is 2. The van der Waals surface area contributed by atoms with Crippen LogP contribution in [0, 0.1) is 5.92 Å². The molecule has 180 valence electrons. The fourth-order valence-electron chi connectivity index (χ4n) is 4.26. The Morgan fingerprint density at radius 2 is 1.67 bits per heavy atom. The van der Waals surface area contributed by atoms with Gasteiger partial charge in [0, 0.05) is 32.6 Å². The van der Waals surface area contributed by atoms with Crippen molar-refractivity contribution < 1.29 is 22.7 Å². The Morgan fingerprint density at radius 1 is 1.00 bits per heavy atom. The lowest BCUT2D eigenvalue weighted by molar-refractivity contribution is -0.135. The number of hydrogen-bond acceptors (Lipinski definition) is 5. The molecular weight excluding hydrogens is 440 g/mol. The molecule has 0 saturated carbocycles. The highest BCUT2D eigenvalue weighted by atomic mass is 32.2. The number of rotatable bonds is 10. The number of aryl methyl sites for hydroxylation is 1. The van der Waals surface area contributed by atoms with Crippen LogP contribution in [0.2, 0.25) is 0 Å². The van der Waals surface area contributed by atoms with Gasteiger partial charge in [-0.05, 0) is 48.9 Å². The van der Waals surface area contributed by atoms with Gasteiger partial charge in [0.25, 0.3) is 0 Å². The molecule has 0 aromatic heterocycles. The van der Waals surface area contributed by atoms with Crippen molar-refractivity contribution in [1.82, 2.24) is 9.21 Å². The van der Waals surface area contributed by atoms with Gasteiger partial charge in [-0.25, -0.2) is 12.7 Å². The lowest BCUT2D eigenvalue weighted by Gasteiger charge is -2.32. The number of nitrogens with zero attached hydrogens (tertiary/aromatic N) is 2. The van der Waals surface area contributed by atoms with Gasteiger partial charge in [-0.2, -0.15) is 0 Å². The van der Waals surface area contributed by atoms with Crippen LogP contribution in [-0.4, -0.2) is 63.6 Å². The van der Waals surface area contributed by atoms with Gasteiger partial charge in [0.1, 0.15) is 0 Å². The molecule has 3 rings (SSSR count). The molecule has 0 N–H and O–H groups in total. The Bertz CT molecular complexity index is 1020. The summed E-state index contributed by atoms with van der Waals surface area (Å²) in [5.41, 5.74) is 2.09. The van der Waals surface area contributed by atoms with Crippen molar-refractivity contribution in [1.29, 1.82) is 0 Å². The summed E-state index contributed by atoms with van der Waals surface area (Å²) in [6.07, 6.45) is 2.44. The molecule has 0 bridgehead atoms. The van der Waals surface area contributed by atoms with Crippen LogP contribution in [0.25, 0.3) is 0 Å². The summed E-state index contributed by atoms with van der Waals surface area (Å²) in [5, 5.41) is 0. The van der Waals surface area contributed by atoms with Gasteiger partial charge in [-0.1, -0.05) is 36.4 Å². The molecular formula is C25H34N2O5S. The first kappa shape index (κ1) is 25.1. The fourth-order valence-corrected chi connectivity index (χ4v) is 5.79. The van der Waals surface area contributed by atoms with Gasteiger partial charge in [0.2, 0.25) is 15.9 Å². The van der Waals surface area contributed by atoms with Crippen LogP contribution >= 0.6 is 0 Å². The zero-order chi connectivity index (χ0) is 23.8. The first-order valence-corrected chi connectivity index (χ1v) is 12.9. The van der Waals surface area contributed by atoms with E-state index in [-0.39, 0.29) is 17.6 Å². The third-order valence-electron chi connectivity index (χ3n) is 6.15. The van der Waals surface area contributed by atoms with Gasteiger partial charge in [-0.15, -0.1) is 0 Å². The number of carbonyl (C=O) groups is 1. The standard InChI is InChI=1S/C25H34N2O5S/c1-26(19-21-11-12-23(31-2)24(18-21)32-3)25(28)22-13-15-27(16-14-22)33(29,30)17-7-10-20-8-5-4-6-9-20/h4-6,8-9,11-12,18,22H,7,10,13-17,19H2,1-3H3. The normalized spacial score (nSPS) is 15.2. The van der Waals surface area contributed by atoms with E-state index in [4.69, 9.17) is 9.47 Å². The summed E-state index contributed by atoms with van der Waals surface area (Å²) >= 11 is 0. The van der Waals surface area contributed by atoms with E-state index in [1.165, 1.54) is 0 Å². The predicted octanol–water partition coefficient (Wildman–Crippen LogP) is 3.34. The summed E-state index contributed by atoms with van der Waals surface area (Å²) in [5.74, 6) is 1.30. The SMILES string of the molecule is COc1ccc(CN(C)C(=O)C2CCN(S(=O)(=O)CCCc3ccccc3)CC2)cc1OC. The van der Waals surface area contributed by atoms with Crippen molar-refractivity contribution in [2.24, 2.45) is 5.92 Å². The molecule has 0 atom stereocenters. The lowest BCUT2D eigenvalue weighted by atomic mass is 9.96. The van der Waals surface area contributed by atoms with E-state index in [2.05, 4.69) is 0 Å². The number of sulfonamides is 1. The summed E-state index contributed by atoms with van der Waals surface area (Å²) < 4.78 is 37.7. The van der Waals surface area contributed by atoms with Crippen LogP contribution in [0.15, 0.2) is 48.5 Å². The molecule has 33 heavy (non-hydrogen) atoms. The summed E-state index contributed by atoms with van der Waals surface area (Å²) in [6, 6.07) is 15.5. The Hall–Kier alpha value is -2.58. The second-order valence-electron chi connectivity index (χ2n) is 8.46. The second kappa shape index (κ2) is 11.5. The van der Waals surface area contributed by atoms with Crippen molar-refractivity contribution in [3.05, 3.63) is 59.7 Å². The van der Waals surface area contributed by atoms with Crippen LogP contribution in [-0.2, 0) is 27.8 Å². The highest BCUT2D eigenvalue weighted by Gasteiger charge is 2.32. The predicted molar refractivity (Wildman–Crippen MR) is 129 cm³/mol. The van der Waals surface area contributed by atoms with Crippen LogP contribution in [0.5, 0.6) is 11.5 Å². The quantitative estimate of drug-likeness (QED) is 0.528. The van der Waals surface area contributed by atoms with Crippen LogP contribution in [0.3, 0.4) is 0 Å². The number of amides is 1. The summed E-state index contributed by atoms with van der Waals surface area (Å²) in [6.45, 7) is 1.25. The topological polar surface area (TPSA) is 76.2 Å². The van der Waals surface area contributed by atoms with Crippen LogP contribution in [0.1, 0.15) is 30.4 Å². The van der Waals surface area contributed by atoms with Gasteiger partial charge in [0.15, 0.2) is 11.5 Å². The van der Waals surface area contributed by atoms with Gasteiger partial charge in [0.05, 0.1) is 20.0 Å². The molecule has 2 aromatic carbocycles. The van der Waals surface area contributed by atoms with E-state index >= 15 is 0 Å². The maximum Gasteiger partial charge on any atom is 0.225 e. The summed E-state index contributed by atoms with van der Waals surface area (Å²) in [4.78, 5) is 14.7. The van der Waals surface area contributed by atoms with E-state index in [0.717, 1.165) is 17.5 Å². The molecule has 8 heteroatoms. The number of piperidine rings is 1. The van der Waals surface area contributed by atoms with Gasteiger partial charge >= 0.3 is 0 Å². The molecule has 1 aliphatic heterocycles. The number of methoxy groups -OCH3 is 2. The Kier molecular flexibility index (Phi) is 8.74. The molecule has 1 aliphatic rings. The number of hydrogen-bond donors (Lipinski definition) is 0. The van der Waals surface area contributed by atoms with E-state index in [1.807, 2.05) is 48.5 Å². The van der Waals surface area contributed by atoms with Crippen molar-refractivity contribution >= 4 is 15.9 Å². The number of benzene rings is 2. The zero-order valence-electron chi connectivity index (χ0n) is 19.7. The lowest BCUT2D eigenvalue weighted by Crippen LogP contribution is -2.44. The average molecular weight is 475 g/mol. The third-order valence-corrected chi connectivity index (χ3v) is 8.11. The van der Waals surface area contributed by atoms with Crippen LogP contribution in [0.4, 0.5) is 0 Å². The minimum Gasteiger partial charge on any atom is -0.493 e. The molecule has 0 aliphatic carbocycles. The minimum atomic E-state index is -3.30. The molecule has 0 spiro atoms. The number of carbonyl (C=O) groups excluding carboxylic acids is 1. The molecule has 1 fully saturated rings. The van der Waals surface area contributed by atoms with Crippen molar-refractivity contribution in [3.8, 4) is 11.5 Å². The van der Waals surface area contributed by atoms with E-state index in [9.17, 15) is 13.2 Å². The highest BCUT2D eigenvalue weighted by Crippen LogP contribution is 2.28. The molecule has 1 amide bonds. The average Bonchev–Trinajstić information content (AvgIpc) is 2.84. The zero-order valence-corrected chi connectivity index (χ0v) is 20.5.